The maximum absolute atomic E-state index is 5.63. The van der Waals surface area contributed by atoms with Gasteiger partial charge in [-0.05, 0) is 27.7 Å². The highest BCUT2D eigenvalue weighted by Crippen LogP contribution is 2.13. The molecule has 0 fully saturated rings. The summed E-state index contributed by atoms with van der Waals surface area (Å²) in [6.07, 6.45) is 0.892. The number of thiazole rings is 1. The fraction of sp³-hybridized carbons (Fsp3) is 0.600. The van der Waals surface area contributed by atoms with Crippen LogP contribution in [0.4, 0.5) is 0 Å². The first kappa shape index (κ1) is 16.1. The van der Waals surface area contributed by atoms with E-state index in [1.807, 2.05) is 18.5 Å². The van der Waals surface area contributed by atoms with E-state index in [4.69, 9.17) is 9.26 Å². The van der Waals surface area contributed by atoms with Crippen molar-refractivity contribution >= 4 is 11.3 Å². The quantitative estimate of drug-likeness (QED) is 0.796. The van der Waals surface area contributed by atoms with Crippen LogP contribution < -0.4 is 5.32 Å². The third-order valence-electron chi connectivity index (χ3n) is 2.97. The number of aromatic nitrogens is 2. The Morgan fingerprint density at radius 3 is 2.86 bits per heavy atom. The number of nitrogens with zero attached hydrogens (tertiary/aromatic N) is 2. The molecular weight excluding hydrogens is 286 g/mol. The van der Waals surface area contributed by atoms with Crippen molar-refractivity contribution in [3.63, 3.8) is 0 Å². The normalized spacial score (nSPS) is 12.0. The van der Waals surface area contributed by atoms with Crippen molar-refractivity contribution in [1.82, 2.24) is 15.5 Å². The molecule has 0 saturated carbocycles. The minimum atomic E-state index is 0.0716. The Bertz CT molecular complexity index is 557. The summed E-state index contributed by atoms with van der Waals surface area (Å²) in [7, 11) is 0. The number of hydrogen-bond donors (Lipinski definition) is 1. The third-order valence-corrected chi connectivity index (χ3v) is 3.97. The van der Waals surface area contributed by atoms with Crippen LogP contribution in [0.15, 0.2) is 16.1 Å². The minimum absolute atomic E-state index is 0.0716. The molecule has 2 aromatic heterocycles. The van der Waals surface area contributed by atoms with Gasteiger partial charge in [-0.25, -0.2) is 4.98 Å². The Morgan fingerprint density at radius 1 is 1.38 bits per heavy atom. The highest BCUT2D eigenvalue weighted by Gasteiger charge is 2.11. The van der Waals surface area contributed by atoms with Crippen molar-refractivity contribution in [1.29, 1.82) is 0 Å². The molecule has 0 amide bonds. The van der Waals surface area contributed by atoms with Crippen molar-refractivity contribution in [2.45, 2.75) is 52.8 Å². The van der Waals surface area contributed by atoms with Gasteiger partial charge in [-0.1, -0.05) is 5.16 Å². The van der Waals surface area contributed by atoms with Gasteiger partial charge >= 0.3 is 0 Å². The molecule has 0 atom stereocenters. The average molecular weight is 309 g/mol. The van der Waals surface area contributed by atoms with Crippen LogP contribution >= 0.6 is 11.3 Å². The zero-order chi connectivity index (χ0) is 15.3. The first-order chi connectivity index (χ1) is 9.94. The van der Waals surface area contributed by atoms with Crippen molar-refractivity contribution in [3.8, 4) is 0 Å². The van der Waals surface area contributed by atoms with Crippen LogP contribution in [0.5, 0.6) is 0 Å². The lowest BCUT2D eigenvalue weighted by Crippen LogP contribution is -2.35. The second-order valence-electron chi connectivity index (χ2n) is 6.05. The zero-order valence-corrected chi connectivity index (χ0v) is 13.9. The lowest BCUT2D eigenvalue weighted by atomic mass is 10.1. The van der Waals surface area contributed by atoms with Gasteiger partial charge in [0, 0.05) is 29.4 Å². The van der Waals surface area contributed by atoms with Crippen LogP contribution in [0, 0.1) is 6.92 Å². The zero-order valence-electron chi connectivity index (χ0n) is 13.1. The fourth-order valence-electron chi connectivity index (χ4n) is 1.77. The highest BCUT2D eigenvalue weighted by atomic mass is 32.1. The van der Waals surface area contributed by atoms with E-state index >= 15 is 0 Å². The maximum atomic E-state index is 5.63. The summed E-state index contributed by atoms with van der Waals surface area (Å²) in [5.41, 5.74) is 3.94. The predicted octanol–water partition coefficient (Wildman–Crippen LogP) is 3.09. The molecule has 5 nitrogen and oxygen atoms in total. The first-order valence-corrected chi connectivity index (χ1v) is 7.98. The SMILES string of the molecule is Cc1ncsc1CCOCc1cc(CNC(C)(C)C)no1. The summed E-state index contributed by atoms with van der Waals surface area (Å²) in [5, 5.41) is 7.41. The van der Waals surface area contributed by atoms with Crippen LogP contribution in [-0.4, -0.2) is 22.3 Å². The van der Waals surface area contributed by atoms with Gasteiger partial charge in [0.15, 0.2) is 5.76 Å². The molecule has 2 aromatic rings. The summed E-state index contributed by atoms with van der Waals surface area (Å²) in [6.45, 7) is 10.2. The molecule has 1 N–H and O–H groups in total. The number of hydrogen-bond acceptors (Lipinski definition) is 6. The summed E-state index contributed by atoms with van der Waals surface area (Å²) < 4.78 is 10.9. The molecule has 0 bridgehead atoms. The second-order valence-corrected chi connectivity index (χ2v) is 6.99. The van der Waals surface area contributed by atoms with Crippen LogP contribution in [0.2, 0.25) is 0 Å². The highest BCUT2D eigenvalue weighted by molar-refractivity contribution is 7.09. The molecule has 2 heterocycles. The van der Waals surface area contributed by atoms with Gasteiger partial charge in [0.1, 0.15) is 6.61 Å². The Labute approximate surface area is 129 Å². The monoisotopic (exact) mass is 309 g/mol. The predicted molar refractivity (Wildman–Crippen MR) is 83.3 cm³/mol. The smallest absolute Gasteiger partial charge is 0.162 e. The van der Waals surface area contributed by atoms with E-state index in [9.17, 15) is 0 Å². The fourth-order valence-corrected chi connectivity index (χ4v) is 2.53. The molecule has 116 valence electrons. The largest absolute Gasteiger partial charge is 0.373 e. The molecule has 0 saturated heterocycles. The van der Waals surface area contributed by atoms with Gasteiger partial charge < -0.3 is 14.6 Å². The third kappa shape index (κ3) is 5.57. The van der Waals surface area contributed by atoms with Gasteiger partial charge in [-0.2, -0.15) is 0 Å². The number of aryl methyl sites for hydroxylation is 1. The Morgan fingerprint density at radius 2 is 2.19 bits per heavy atom. The summed E-state index contributed by atoms with van der Waals surface area (Å²) in [4.78, 5) is 5.50. The van der Waals surface area contributed by atoms with Gasteiger partial charge in [0.2, 0.25) is 0 Å². The lowest BCUT2D eigenvalue weighted by Gasteiger charge is -2.19. The van der Waals surface area contributed by atoms with Crippen molar-refractivity contribution < 1.29 is 9.26 Å². The van der Waals surface area contributed by atoms with E-state index in [0.29, 0.717) is 19.8 Å². The molecule has 0 spiro atoms. The van der Waals surface area contributed by atoms with Crippen molar-refractivity contribution in [3.05, 3.63) is 33.6 Å². The van der Waals surface area contributed by atoms with Crippen molar-refractivity contribution in [2.75, 3.05) is 6.61 Å². The molecule has 0 aliphatic carbocycles. The Balaban J connectivity index is 1.69. The molecule has 2 rings (SSSR count). The molecule has 0 aromatic carbocycles. The molecule has 21 heavy (non-hydrogen) atoms. The summed E-state index contributed by atoms with van der Waals surface area (Å²) >= 11 is 1.67. The molecule has 0 aliphatic heterocycles. The van der Waals surface area contributed by atoms with Crippen LogP contribution in [-0.2, 0) is 24.3 Å². The topological polar surface area (TPSA) is 60.2 Å². The molecule has 6 heteroatoms. The van der Waals surface area contributed by atoms with E-state index < -0.39 is 0 Å². The van der Waals surface area contributed by atoms with Gasteiger partial charge in [-0.15, -0.1) is 11.3 Å². The Hall–Kier alpha value is -1.24. The van der Waals surface area contributed by atoms with E-state index in [2.05, 4.69) is 36.2 Å². The van der Waals surface area contributed by atoms with Crippen LogP contribution in [0.3, 0.4) is 0 Å². The molecule has 0 radical (unpaired) electrons. The van der Waals surface area contributed by atoms with Gasteiger partial charge in [0.25, 0.3) is 0 Å². The van der Waals surface area contributed by atoms with E-state index in [-0.39, 0.29) is 5.54 Å². The van der Waals surface area contributed by atoms with Gasteiger partial charge in [0.05, 0.1) is 23.5 Å². The Kier molecular flexibility index (Phi) is 5.50. The number of ether oxygens (including phenoxy) is 1. The standard InChI is InChI=1S/C15H23N3O2S/c1-11-14(21-10-16-11)5-6-19-9-13-7-12(18-20-13)8-17-15(2,3)4/h7,10,17H,5-6,8-9H2,1-4H3. The summed E-state index contributed by atoms with van der Waals surface area (Å²) in [5.74, 6) is 0.765. The average Bonchev–Trinajstić information content (AvgIpc) is 3.01. The molecule has 0 aliphatic rings. The molecular formula is C15H23N3O2S. The van der Waals surface area contributed by atoms with E-state index in [1.165, 1.54) is 4.88 Å². The number of nitrogens with one attached hydrogen (secondary N) is 1. The number of rotatable bonds is 7. The van der Waals surface area contributed by atoms with Crippen molar-refractivity contribution in [2.24, 2.45) is 0 Å². The minimum Gasteiger partial charge on any atom is -0.373 e. The summed E-state index contributed by atoms with van der Waals surface area (Å²) in [6, 6.07) is 1.94. The lowest BCUT2D eigenvalue weighted by molar-refractivity contribution is 0.104. The second kappa shape index (κ2) is 7.15. The van der Waals surface area contributed by atoms with Crippen LogP contribution in [0.25, 0.3) is 0 Å². The maximum Gasteiger partial charge on any atom is 0.162 e. The van der Waals surface area contributed by atoms with Gasteiger partial charge in [-0.3, -0.25) is 0 Å². The van der Waals surface area contributed by atoms with Crippen LogP contribution in [0.1, 0.15) is 42.8 Å². The molecule has 0 unspecified atom stereocenters. The van der Waals surface area contributed by atoms with E-state index in [1.54, 1.807) is 11.3 Å². The van der Waals surface area contributed by atoms with E-state index in [0.717, 1.165) is 23.6 Å². The first-order valence-electron chi connectivity index (χ1n) is 7.10.